The Labute approximate surface area is 129 Å². The summed E-state index contributed by atoms with van der Waals surface area (Å²) in [6.07, 6.45) is 3.32. The molecule has 0 spiro atoms. The summed E-state index contributed by atoms with van der Waals surface area (Å²) in [5, 5.41) is 7.16. The van der Waals surface area contributed by atoms with Crippen LogP contribution in [0.3, 0.4) is 0 Å². The molecule has 0 aliphatic carbocycles. The molecule has 22 heavy (non-hydrogen) atoms. The predicted octanol–water partition coefficient (Wildman–Crippen LogP) is 2.45. The molecule has 2 aromatic heterocycles. The molecule has 1 aromatic carbocycles. The number of carbonyl (C=O) groups is 1. The Morgan fingerprint density at radius 1 is 1.18 bits per heavy atom. The quantitative estimate of drug-likeness (QED) is 0.803. The molecule has 5 heteroatoms. The van der Waals surface area contributed by atoms with Gasteiger partial charge in [-0.25, -0.2) is 4.68 Å². The number of carbonyl (C=O) groups excluding carboxylic acids is 1. The zero-order valence-electron chi connectivity index (χ0n) is 12.7. The third-order valence-electron chi connectivity index (χ3n) is 3.77. The van der Waals surface area contributed by atoms with E-state index in [1.807, 2.05) is 56.4 Å². The fourth-order valence-corrected chi connectivity index (χ4v) is 2.28. The largest absolute Gasteiger partial charge is 0.350 e. The minimum Gasteiger partial charge on any atom is -0.350 e. The third-order valence-corrected chi connectivity index (χ3v) is 3.77. The SMILES string of the molecule is Cc1ccc(CNC(=O)c2cnn(-c3ccccc3)c2)n1C. The van der Waals surface area contributed by atoms with Crippen molar-refractivity contribution in [2.45, 2.75) is 13.5 Å². The number of nitrogens with one attached hydrogen (secondary N) is 1. The molecule has 0 radical (unpaired) electrons. The smallest absolute Gasteiger partial charge is 0.254 e. The predicted molar refractivity (Wildman–Crippen MR) is 84.9 cm³/mol. The summed E-state index contributed by atoms with van der Waals surface area (Å²) in [5.74, 6) is -0.124. The van der Waals surface area contributed by atoms with Gasteiger partial charge in [0.15, 0.2) is 0 Å². The van der Waals surface area contributed by atoms with Crippen LogP contribution in [0.4, 0.5) is 0 Å². The van der Waals surface area contributed by atoms with Crippen molar-refractivity contribution >= 4 is 5.91 Å². The van der Waals surface area contributed by atoms with Crippen LogP contribution < -0.4 is 5.32 Å². The molecule has 0 unspecified atom stereocenters. The van der Waals surface area contributed by atoms with Crippen molar-refractivity contribution in [3.8, 4) is 5.69 Å². The highest BCUT2D eigenvalue weighted by Gasteiger charge is 2.10. The summed E-state index contributed by atoms with van der Waals surface area (Å²) in [6, 6.07) is 13.8. The lowest BCUT2D eigenvalue weighted by atomic mass is 10.3. The zero-order chi connectivity index (χ0) is 15.5. The first-order chi connectivity index (χ1) is 10.6. The summed E-state index contributed by atoms with van der Waals surface area (Å²) in [7, 11) is 1.99. The van der Waals surface area contributed by atoms with E-state index in [4.69, 9.17) is 0 Å². The number of benzene rings is 1. The van der Waals surface area contributed by atoms with Gasteiger partial charge in [0.2, 0.25) is 0 Å². The van der Waals surface area contributed by atoms with E-state index in [0.29, 0.717) is 12.1 Å². The van der Waals surface area contributed by atoms with Crippen molar-refractivity contribution in [1.29, 1.82) is 0 Å². The average Bonchev–Trinajstić information content (AvgIpc) is 3.15. The van der Waals surface area contributed by atoms with Gasteiger partial charge < -0.3 is 9.88 Å². The van der Waals surface area contributed by atoms with E-state index in [0.717, 1.165) is 11.4 Å². The van der Waals surface area contributed by atoms with Gasteiger partial charge in [-0.1, -0.05) is 18.2 Å². The fourth-order valence-electron chi connectivity index (χ4n) is 2.28. The zero-order valence-corrected chi connectivity index (χ0v) is 12.7. The average molecular weight is 294 g/mol. The van der Waals surface area contributed by atoms with Crippen molar-refractivity contribution < 1.29 is 4.79 Å². The molecule has 0 aliphatic rings. The second kappa shape index (κ2) is 5.89. The molecule has 0 saturated carbocycles. The summed E-state index contributed by atoms with van der Waals surface area (Å²) in [6.45, 7) is 2.54. The van der Waals surface area contributed by atoms with E-state index in [-0.39, 0.29) is 5.91 Å². The third kappa shape index (κ3) is 2.79. The highest BCUT2D eigenvalue weighted by atomic mass is 16.1. The number of aromatic nitrogens is 3. The van der Waals surface area contributed by atoms with Crippen molar-refractivity contribution in [3.05, 3.63) is 71.8 Å². The van der Waals surface area contributed by atoms with Gasteiger partial charge in [0.25, 0.3) is 5.91 Å². The lowest BCUT2D eigenvalue weighted by Gasteiger charge is -2.06. The Kier molecular flexibility index (Phi) is 3.78. The monoisotopic (exact) mass is 294 g/mol. The molecule has 112 valence electrons. The molecule has 0 atom stereocenters. The molecular formula is C17H18N4O. The van der Waals surface area contributed by atoms with Gasteiger partial charge in [-0.3, -0.25) is 4.79 Å². The summed E-state index contributed by atoms with van der Waals surface area (Å²) in [4.78, 5) is 12.2. The first-order valence-corrected chi connectivity index (χ1v) is 7.14. The number of hydrogen-bond donors (Lipinski definition) is 1. The van der Waals surface area contributed by atoms with Crippen LogP contribution in [0.1, 0.15) is 21.7 Å². The van der Waals surface area contributed by atoms with Gasteiger partial charge in [-0.05, 0) is 31.2 Å². The highest BCUT2D eigenvalue weighted by Crippen LogP contribution is 2.09. The molecule has 0 aliphatic heterocycles. The molecule has 3 aromatic rings. The maximum Gasteiger partial charge on any atom is 0.254 e. The first-order valence-electron chi connectivity index (χ1n) is 7.14. The van der Waals surface area contributed by atoms with E-state index in [1.165, 1.54) is 5.69 Å². The number of rotatable bonds is 4. The van der Waals surface area contributed by atoms with Crippen LogP contribution in [-0.4, -0.2) is 20.3 Å². The van der Waals surface area contributed by atoms with Crippen LogP contribution >= 0.6 is 0 Å². The summed E-state index contributed by atoms with van der Waals surface area (Å²) >= 11 is 0. The van der Waals surface area contributed by atoms with Crippen molar-refractivity contribution in [1.82, 2.24) is 19.7 Å². The Hall–Kier alpha value is -2.82. The van der Waals surface area contributed by atoms with Gasteiger partial charge in [-0.15, -0.1) is 0 Å². The summed E-state index contributed by atoms with van der Waals surface area (Å²) < 4.78 is 3.76. The molecular weight excluding hydrogens is 276 g/mol. The van der Waals surface area contributed by atoms with Crippen molar-refractivity contribution in [2.75, 3.05) is 0 Å². The fraction of sp³-hybridized carbons (Fsp3) is 0.176. The topological polar surface area (TPSA) is 51.9 Å². The Morgan fingerprint density at radius 3 is 2.64 bits per heavy atom. The normalized spacial score (nSPS) is 10.6. The van der Waals surface area contributed by atoms with Crippen molar-refractivity contribution in [3.63, 3.8) is 0 Å². The van der Waals surface area contributed by atoms with E-state index in [2.05, 4.69) is 15.0 Å². The number of amides is 1. The van der Waals surface area contributed by atoms with E-state index < -0.39 is 0 Å². The van der Waals surface area contributed by atoms with Crippen LogP contribution in [0.5, 0.6) is 0 Å². The van der Waals surface area contributed by atoms with Gasteiger partial charge in [0.1, 0.15) is 0 Å². The number of nitrogens with zero attached hydrogens (tertiary/aromatic N) is 3. The number of hydrogen-bond acceptors (Lipinski definition) is 2. The molecule has 3 rings (SSSR count). The molecule has 1 N–H and O–H groups in total. The van der Waals surface area contributed by atoms with Crippen LogP contribution in [0.2, 0.25) is 0 Å². The minimum atomic E-state index is -0.124. The van der Waals surface area contributed by atoms with Crippen molar-refractivity contribution in [2.24, 2.45) is 7.05 Å². The second-order valence-electron chi connectivity index (χ2n) is 5.22. The molecule has 0 bridgehead atoms. The van der Waals surface area contributed by atoms with Gasteiger partial charge in [-0.2, -0.15) is 5.10 Å². The van der Waals surface area contributed by atoms with E-state index in [1.54, 1.807) is 17.1 Å². The van der Waals surface area contributed by atoms with E-state index in [9.17, 15) is 4.79 Å². The Bertz CT molecular complexity index is 786. The molecule has 0 fully saturated rings. The van der Waals surface area contributed by atoms with Crippen LogP contribution in [0.25, 0.3) is 5.69 Å². The first kappa shape index (κ1) is 14.1. The van der Waals surface area contributed by atoms with Crippen LogP contribution in [0.15, 0.2) is 54.9 Å². The van der Waals surface area contributed by atoms with Gasteiger partial charge in [0, 0.05) is 24.6 Å². The number of para-hydroxylation sites is 1. The molecule has 2 heterocycles. The maximum absolute atomic E-state index is 12.2. The number of aryl methyl sites for hydroxylation is 1. The standard InChI is InChI=1S/C17H18N4O/c1-13-8-9-16(20(13)2)11-18-17(22)14-10-19-21(12-14)15-6-4-3-5-7-15/h3-10,12H,11H2,1-2H3,(H,18,22). The second-order valence-corrected chi connectivity index (χ2v) is 5.22. The van der Waals surface area contributed by atoms with Crippen LogP contribution in [0, 0.1) is 6.92 Å². The summed E-state index contributed by atoms with van der Waals surface area (Å²) in [5.41, 5.74) is 3.72. The molecule has 1 amide bonds. The van der Waals surface area contributed by atoms with Gasteiger partial charge in [0.05, 0.1) is 24.0 Å². The minimum absolute atomic E-state index is 0.124. The molecule has 0 saturated heterocycles. The lowest BCUT2D eigenvalue weighted by molar-refractivity contribution is 0.0950. The Morgan fingerprint density at radius 2 is 1.95 bits per heavy atom. The lowest BCUT2D eigenvalue weighted by Crippen LogP contribution is -2.23. The maximum atomic E-state index is 12.2. The van der Waals surface area contributed by atoms with E-state index >= 15 is 0 Å². The Balaban J connectivity index is 1.68. The van der Waals surface area contributed by atoms with Gasteiger partial charge >= 0.3 is 0 Å². The van der Waals surface area contributed by atoms with Crippen LogP contribution in [-0.2, 0) is 13.6 Å². The molecule has 5 nitrogen and oxygen atoms in total. The highest BCUT2D eigenvalue weighted by molar-refractivity contribution is 5.93.